The average Bonchev–Trinajstić information content (AvgIpc) is 3.03. The first-order valence-electron chi connectivity index (χ1n) is 6.23. The third-order valence-electron chi connectivity index (χ3n) is 2.88. The molecule has 1 aliphatic rings. The van der Waals surface area contributed by atoms with Gasteiger partial charge in [-0.1, -0.05) is 12.2 Å². The quantitative estimate of drug-likeness (QED) is 0.470. The van der Waals surface area contributed by atoms with Gasteiger partial charge in [0.2, 0.25) is 0 Å². The molecule has 0 aromatic heterocycles. The molecule has 0 radical (unpaired) electrons. The minimum absolute atomic E-state index is 0.635. The van der Waals surface area contributed by atoms with Gasteiger partial charge in [-0.05, 0) is 51.6 Å². The largest absolute Gasteiger partial charge is 0.393 e. The van der Waals surface area contributed by atoms with Crippen LogP contribution in [-0.2, 0) is 4.74 Å². The molecule has 0 aromatic carbocycles. The maximum absolute atomic E-state index is 5.59. The molecule has 0 aliphatic heterocycles. The van der Waals surface area contributed by atoms with Crippen LogP contribution in [0, 0.1) is 5.92 Å². The Morgan fingerprint density at radius 2 is 2.12 bits per heavy atom. The highest BCUT2D eigenvalue weighted by Crippen LogP contribution is 2.28. The summed E-state index contributed by atoms with van der Waals surface area (Å²) in [5.41, 5.74) is 5.44. The lowest BCUT2D eigenvalue weighted by Gasteiger charge is -2.16. The van der Waals surface area contributed by atoms with Crippen molar-refractivity contribution in [2.75, 3.05) is 33.4 Å². The number of ether oxygens (including phenoxy) is 1. The van der Waals surface area contributed by atoms with Crippen molar-refractivity contribution in [3.05, 3.63) is 0 Å². The third-order valence-corrected chi connectivity index (χ3v) is 3.08. The molecule has 94 valence electrons. The lowest BCUT2D eigenvalue weighted by atomic mass is 10.2. The van der Waals surface area contributed by atoms with Crippen LogP contribution >= 0.6 is 12.2 Å². The molecule has 0 saturated heterocycles. The van der Waals surface area contributed by atoms with Gasteiger partial charge >= 0.3 is 0 Å². The molecular formula is C12H24N2OS. The molecule has 0 amide bonds. The van der Waals surface area contributed by atoms with Crippen LogP contribution in [0.15, 0.2) is 0 Å². The second-order valence-corrected chi connectivity index (χ2v) is 5.27. The first-order valence-corrected chi connectivity index (χ1v) is 6.64. The molecule has 3 nitrogen and oxygen atoms in total. The highest BCUT2D eigenvalue weighted by molar-refractivity contribution is 7.80. The van der Waals surface area contributed by atoms with Crippen molar-refractivity contribution in [1.82, 2.24) is 4.90 Å². The number of hydrogen-bond donors (Lipinski definition) is 1. The zero-order chi connectivity index (χ0) is 11.8. The Bertz CT molecular complexity index is 207. The van der Waals surface area contributed by atoms with Crippen LogP contribution in [0.5, 0.6) is 0 Å². The van der Waals surface area contributed by atoms with E-state index in [4.69, 9.17) is 22.7 Å². The van der Waals surface area contributed by atoms with Crippen molar-refractivity contribution in [2.24, 2.45) is 11.7 Å². The number of nitrogens with zero attached hydrogens (tertiary/aromatic N) is 1. The van der Waals surface area contributed by atoms with Crippen molar-refractivity contribution in [3.8, 4) is 0 Å². The topological polar surface area (TPSA) is 38.5 Å². The van der Waals surface area contributed by atoms with E-state index in [1.807, 2.05) is 0 Å². The summed E-state index contributed by atoms with van der Waals surface area (Å²) in [7, 11) is 2.14. The van der Waals surface area contributed by atoms with Gasteiger partial charge in [-0.15, -0.1) is 0 Å². The molecule has 4 heteroatoms. The number of likely N-dealkylation sites (N-methyl/N-ethyl adjacent to an activating group) is 1. The van der Waals surface area contributed by atoms with Crippen LogP contribution in [0.4, 0.5) is 0 Å². The predicted molar refractivity (Wildman–Crippen MR) is 71.7 cm³/mol. The van der Waals surface area contributed by atoms with Gasteiger partial charge in [-0.25, -0.2) is 0 Å². The Morgan fingerprint density at radius 3 is 2.75 bits per heavy atom. The summed E-state index contributed by atoms with van der Waals surface area (Å²) >= 11 is 4.83. The van der Waals surface area contributed by atoms with E-state index in [9.17, 15) is 0 Å². The number of hydrogen-bond acceptors (Lipinski definition) is 3. The van der Waals surface area contributed by atoms with Crippen molar-refractivity contribution in [2.45, 2.75) is 32.1 Å². The minimum Gasteiger partial charge on any atom is -0.393 e. The van der Waals surface area contributed by atoms with Crippen molar-refractivity contribution >= 4 is 17.2 Å². The van der Waals surface area contributed by atoms with Crippen LogP contribution in [0.2, 0.25) is 0 Å². The number of rotatable bonds is 10. The lowest BCUT2D eigenvalue weighted by molar-refractivity contribution is 0.103. The van der Waals surface area contributed by atoms with E-state index >= 15 is 0 Å². The smallest absolute Gasteiger partial charge is 0.0727 e. The molecule has 1 saturated carbocycles. The Balaban J connectivity index is 1.81. The number of unbranched alkanes of at least 4 members (excludes halogenated alkanes) is 1. The first-order chi connectivity index (χ1) is 7.68. The highest BCUT2D eigenvalue weighted by atomic mass is 32.1. The number of thiocarbonyl (C=S) groups is 1. The maximum Gasteiger partial charge on any atom is 0.0727 e. The number of nitrogens with two attached hydrogens (primary N) is 1. The van der Waals surface area contributed by atoms with Crippen molar-refractivity contribution in [3.63, 3.8) is 0 Å². The summed E-state index contributed by atoms with van der Waals surface area (Å²) in [5, 5.41) is 0. The van der Waals surface area contributed by atoms with Crippen LogP contribution in [0.1, 0.15) is 32.1 Å². The molecule has 16 heavy (non-hydrogen) atoms. The Kier molecular flexibility index (Phi) is 6.92. The van der Waals surface area contributed by atoms with E-state index < -0.39 is 0 Å². The molecule has 0 unspecified atom stereocenters. The van der Waals surface area contributed by atoms with E-state index in [2.05, 4.69) is 11.9 Å². The normalized spacial score (nSPS) is 15.6. The van der Waals surface area contributed by atoms with Crippen LogP contribution < -0.4 is 5.73 Å². The van der Waals surface area contributed by atoms with E-state index in [1.54, 1.807) is 0 Å². The van der Waals surface area contributed by atoms with Crippen molar-refractivity contribution in [1.29, 1.82) is 0 Å². The van der Waals surface area contributed by atoms with Gasteiger partial charge in [0.05, 0.1) is 11.6 Å². The lowest BCUT2D eigenvalue weighted by Crippen LogP contribution is -2.24. The predicted octanol–water partition coefficient (Wildman–Crippen LogP) is 1.80. The van der Waals surface area contributed by atoms with E-state index in [-0.39, 0.29) is 0 Å². The monoisotopic (exact) mass is 244 g/mol. The van der Waals surface area contributed by atoms with E-state index in [0.29, 0.717) is 4.99 Å². The average molecular weight is 244 g/mol. The molecule has 0 spiro atoms. The fourth-order valence-corrected chi connectivity index (χ4v) is 1.69. The fourth-order valence-electron chi connectivity index (χ4n) is 1.55. The summed E-state index contributed by atoms with van der Waals surface area (Å²) in [4.78, 5) is 2.95. The van der Waals surface area contributed by atoms with Gasteiger partial charge in [-0.2, -0.15) is 0 Å². The Hall–Kier alpha value is -0.190. The molecule has 1 fully saturated rings. The molecule has 2 N–H and O–H groups in total. The van der Waals surface area contributed by atoms with Gasteiger partial charge in [0.15, 0.2) is 0 Å². The van der Waals surface area contributed by atoms with Gasteiger partial charge in [-0.3, -0.25) is 0 Å². The van der Waals surface area contributed by atoms with Gasteiger partial charge in [0.25, 0.3) is 0 Å². The molecule has 0 aromatic rings. The molecule has 0 heterocycles. The van der Waals surface area contributed by atoms with E-state index in [1.165, 1.54) is 12.8 Å². The summed E-state index contributed by atoms with van der Waals surface area (Å²) in [5.74, 6) is 0.871. The molecule has 1 rings (SSSR count). The van der Waals surface area contributed by atoms with Gasteiger partial charge in [0, 0.05) is 13.2 Å². The molecule has 0 bridgehead atoms. The molecular weight excluding hydrogens is 220 g/mol. The summed E-state index contributed by atoms with van der Waals surface area (Å²) in [6.07, 6.45) is 5.88. The highest BCUT2D eigenvalue weighted by Gasteiger charge is 2.20. The molecule has 0 atom stereocenters. The third kappa shape index (κ3) is 8.02. The fraction of sp³-hybridized carbons (Fsp3) is 0.917. The standard InChI is InChI=1S/C12H24N2OS/c1-14(7-3-2-4-12(13)16)8-9-15-10-11-5-6-11/h11H,2-10H2,1H3,(H2,13,16). The van der Waals surface area contributed by atoms with Crippen molar-refractivity contribution < 1.29 is 4.74 Å². The Labute approximate surface area is 104 Å². The minimum atomic E-state index is 0.635. The second-order valence-electron chi connectivity index (χ2n) is 4.74. The summed E-state index contributed by atoms with van der Waals surface area (Å²) in [6, 6.07) is 0. The maximum atomic E-state index is 5.59. The van der Waals surface area contributed by atoms with Crippen LogP contribution in [0.25, 0.3) is 0 Å². The summed E-state index contributed by atoms with van der Waals surface area (Å²) in [6.45, 7) is 3.97. The van der Waals surface area contributed by atoms with Gasteiger partial charge in [0.1, 0.15) is 0 Å². The first kappa shape index (κ1) is 13.9. The SMILES string of the molecule is CN(CCCCC(N)=S)CCOCC1CC1. The second kappa shape index (κ2) is 7.98. The van der Waals surface area contributed by atoms with Crippen LogP contribution in [-0.4, -0.2) is 43.2 Å². The Morgan fingerprint density at radius 1 is 1.38 bits per heavy atom. The van der Waals surface area contributed by atoms with E-state index in [0.717, 1.165) is 51.5 Å². The zero-order valence-electron chi connectivity index (χ0n) is 10.3. The van der Waals surface area contributed by atoms with Crippen LogP contribution in [0.3, 0.4) is 0 Å². The zero-order valence-corrected chi connectivity index (χ0v) is 11.1. The molecule has 1 aliphatic carbocycles. The summed E-state index contributed by atoms with van der Waals surface area (Å²) < 4.78 is 5.59. The van der Waals surface area contributed by atoms with Gasteiger partial charge < -0.3 is 15.4 Å².